The monoisotopic (exact) mass is 386 g/mol. The number of hydrogen-bond donors (Lipinski definition) is 1. The lowest BCUT2D eigenvalue weighted by molar-refractivity contribution is -0.136. The molecule has 0 aliphatic rings. The molecule has 0 aliphatic carbocycles. The zero-order valence-corrected chi connectivity index (χ0v) is 14.8. The van der Waals surface area contributed by atoms with Gasteiger partial charge in [0, 0.05) is 18.1 Å². The van der Waals surface area contributed by atoms with Crippen LogP contribution < -0.4 is 10.2 Å². The van der Waals surface area contributed by atoms with Crippen LogP contribution in [-0.2, 0) is 11.0 Å². The van der Waals surface area contributed by atoms with Crippen LogP contribution in [0.2, 0.25) is 0 Å². The highest BCUT2D eigenvalue weighted by Crippen LogP contribution is 2.38. The van der Waals surface area contributed by atoms with Crippen molar-refractivity contribution in [3.05, 3.63) is 34.8 Å². The number of likely N-dealkylation sites (N-methyl/N-ethyl adjacent to an activating group) is 1. The van der Waals surface area contributed by atoms with Crippen LogP contribution in [0.5, 0.6) is 0 Å². The second kappa shape index (κ2) is 6.60. The summed E-state index contributed by atoms with van der Waals surface area (Å²) in [5, 5.41) is 3.49. The van der Waals surface area contributed by atoms with Crippen LogP contribution in [0.4, 0.5) is 23.4 Å². The molecule has 0 spiro atoms. The van der Waals surface area contributed by atoms with Gasteiger partial charge in [0.25, 0.3) is 0 Å². The van der Waals surface area contributed by atoms with Crippen LogP contribution in [0, 0.1) is 6.92 Å². The van der Waals surface area contributed by atoms with Crippen molar-refractivity contribution in [3.63, 3.8) is 0 Å². The second-order valence-electron chi connectivity index (χ2n) is 5.33. The highest BCUT2D eigenvalue weighted by molar-refractivity contribution is 7.22. The van der Waals surface area contributed by atoms with Crippen molar-refractivity contribution in [1.82, 2.24) is 9.97 Å². The number of carbonyl (C=O) groups excluding carboxylic acids is 1. The fourth-order valence-corrected chi connectivity index (χ4v) is 3.82. The number of carbonyl (C=O) groups is 1. The van der Waals surface area contributed by atoms with Gasteiger partial charge in [-0.05, 0) is 19.1 Å². The largest absolute Gasteiger partial charge is 0.418 e. The van der Waals surface area contributed by atoms with Gasteiger partial charge in [0.1, 0.15) is 0 Å². The molecule has 0 atom stereocenters. The molecule has 2 heterocycles. The maximum absolute atomic E-state index is 13.1. The molecule has 3 aromatic rings. The quantitative estimate of drug-likeness (QED) is 0.732. The Kier molecular flexibility index (Phi) is 4.65. The Balaban J connectivity index is 1.78. The van der Waals surface area contributed by atoms with Gasteiger partial charge in [0.05, 0.1) is 22.3 Å². The maximum Gasteiger partial charge on any atom is 0.418 e. The summed E-state index contributed by atoms with van der Waals surface area (Å²) in [6.07, 6.45) is -2.82. The van der Waals surface area contributed by atoms with Gasteiger partial charge >= 0.3 is 6.18 Å². The molecular weight excluding hydrogens is 373 g/mol. The molecule has 0 fully saturated rings. The topological polar surface area (TPSA) is 58.1 Å². The fourth-order valence-electron chi connectivity index (χ4n) is 2.18. The average molecular weight is 386 g/mol. The van der Waals surface area contributed by atoms with Gasteiger partial charge in [-0.2, -0.15) is 13.2 Å². The summed E-state index contributed by atoms with van der Waals surface area (Å²) in [7, 11) is 1.61. The van der Waals surface area contributed by atoms with E-state index in [4.69, 9.17) is 0 Å². The molecule has 132 valence electrons. The number of thiazole rings is 2. The van der Waals surface area contributed by atoms with E-state index in [1.807, 2.05) is 6.92 Å². The molecule has 25 heavy (non-hydrogen) atoms. The number of halogens is 3. The smallest absolute Gasteiger partial charge is 0.342 e. The standard InChI is InChI=1S/C15H13F3N4OS2/c1-8-6-19-13(24-8)20-11(23)7-22(2)14-21-12-9(15(16,17)18)4-3-5-10(12)25-14/h3-6H,7H2,1-2H3,(H,19,20,23). The fraction of sp³-hybridized carbons (Fsp3) is 0.267. The molecule has 1 aromatic carbocycles. The Morgan fingerprint density at radius 1 is 1.32 bits per heavy atom. The van der Waals surface area contributed by atoms with Gasteiger partial charge in [-0.15, -0.1) is 11.3 Å². The number of alkyl halides is 3. The summed E-state index contributed by atoms with van der Waals surface area (Å²) in [4.78, 5) is 22.7. The zero-order valence-electron chi connectivity index (χ0n) is 13.2. The van der Waals surface area contributed by atoms with E-state index >= 15 is 0 Å². The lowest BCUT2D eigenvalue weighted by Crippen LogP contribution is -2.29. The zero-order chi connectivity index (χ0) is 18.2. The third-order valence-corrected chi connectivity index (χ3v) is 5.25. The molecular formula is C15H13F3N4OS2. The van der Waals surface area contributed by atoms with Crippen molar-refractivity contribution < 1.29 is 18.0 Å². The first kappa shape index (κ1) is 17.6. The number of nitrogens with one attached hydrogen (secondary N) is 1. The number of benzene rings is 1. The molecule has 3 rings (SSSR count). The molecule has 5 nitrogen and oxygen atoms in total. The van der Waals surface area contributed by atoms with Crippen LogP contribution in [0.25, 0.3) is 10.2 Å². The maximum atomic E-state index is 13.1. The van der Waals surface area contributed by atoms with Crippen molar-refractivity contribution in [1.29, 1.82) is 0 Å². The van der Waals surface area contributed by atoms with Gasteiger partial charge in [-0.3, -0.25) is 4.79 Å². The lowest BCUT2D eigenvalue weighted by atomic mass is 10.2. The van der Waals surface area contributed by atoms with Crippen LogP contribution >= 0.6 is 22.7 Å². The minimum Gasteiger partial charge on any atom is -0.342 e. The van der Waals surface area contributed by atoms with Crippen LogP contribution in [-0.4, -0.2) is 29.5 Å². The number of amides is 1. The number of fused-ring (bicyclic) bond motifs is 1. The van der Waals surface area contributed by atoms with E-state index < -0.39 is 11.7 Å². The third kappa shape index (κ3) is 3.90. The first-order chi connectivity index (χ1) is 11.7. The van der Waals surface area contributed by atoms with E-state index in [-0.39, 0.29) is 18.0 Å². The number of anilines is 2. The van der Waals surface area contributed by atoms with E-state index in [0.717, 1.165) is 22.3 Å². The van der Waals surface area contributed by atoms with Gasteiger partial charge in [-0.25, -0.2) is 9.97 Å². The first-order valence-electron chi connectivity index (χ1n) is 7.14. The van der Waals surface area contributed by atoms with Gasteiger partial charge in [0.2, 0.25) is 5.91 Å². The molecule has 2 aromatic heterocycles. The Bertz CT molecular complexity index is 919. The van der Waals surface area contributed by atoms with Crippen molar-refractivity contribution in [2.45, 2.75) is 13.1 Å². The molecule has 0 bridgehead atoms. The molecule has 1 N–H and O–H groups in total. The van der Waals surface area contributed by atoms with Crippen LogP contribution in [0.15, 0.2) is 24.4 Å². The summed E-state index contributed by atoms with van der Waals surface area (Å²) in [5.74, 6) is -0.313. The summed E-state index contributed by atoms with van der Waals surface area (Å²) in [6.45, 7) is 1.83. The molecule has 10 heteroatoms. The number of hydrogen-bond acceptors (Lipinski definition) is 6. The van der Waals surface area contributed by atoms with Gasteiger partial charge < -0.3 is 10.2 Å². The normalized spacial score (nSPS) is 11.7. The summed E-state index contributed by atoms with van der Waals surface area (Å²) in [6, 6.07) is 3.94. The van der Waals surface area contributed by atoms with Crippen molar-refractivity contribution in [3.8, 4) is 0 Å². The Hall–Kier alpha value is -2.20. The van der Waals surface area contributed by atoms with Crippen LogP contribution in [0.3, 0.4) is 0 Å². The second-order valence-corrected chi connectivity index (χ2v) is 7.57. The number of nitrogens with zero attached hydrogens (tertiary/aromatic N) is 3. The average Bonchev–Trinajstić information content (AvgIpc) is 3.11. The molecule has 0 radical (unpaired) electrons. The van der Waals surface area contributed by atoms with Gasteiger partial charge in [0.15, 0.2) is 10.3 Å². The Morgan fingerprint density at radius 2 is 2.08 bits per heavy atom. The van der Waals surface area contributed by atoms with Crippen LogP contribution in [0.1, 0.15) is 10.4 Å². The van der Waals surface area contributed by atoms with E-state index in [2.05, 4.69) is 15.3 Å². The number of aromatic nitrogens is 2. The SMILES string of the molecule is Cc1cnc(NC(=O)CN(C)c2nc3c(C(F)(F)F)cccc3s2)s1. The summed E-state index contributed by atoms with van der Waals surface area (Å²) < 4.78 is 39.6. The third-order valence-electron chi connectivity index (χ3n) is 3.29. The molecule has 0 aliphatic heterocycles. The number of aryl methyl sites for hydroxylation is 1. The minimum absolute atomic E-state index is 0.0419. The first-order valence-corrected chi connectivity index (χ1v) is 8.77. The van der Waals surface area contributed by atoms with E-state index in [1.165, 1.54) is 22.3 Å². The Morgan fingerprint density at radius 3 is 2.72 bits per heavy atom. The molecule has 0 saturated carbocycles. The highest BCUT2D eigenvalue weighted by Gasteiger charge is 2.34. The number of para-hydroxylation sites is 1. The van der Waals surface area contributed by atoms with Crippen molar-refractivity contribution in [2.75, 3.05) is 23.8 Å². The summed E-state index contributed by atoms with van der Waals surface area (Å²) in [5.41, 5.74) is -0.874. The van der Waals surface area contributed by atoms with Crippen molar-refractivity contribution in [2.24, 2.45) is 0 Å². The summed E-state index contributed by atoms with van der Waals surface area (Å²) >= 11 is 2.46. The van der Waals surface area contributed by atoms with Crippen molar-refractivity contribution >= 4 is 49.1 Å². The predicted molar refractivity (Wildman–Crippen MR) is 93.4 cm³/mol. The lowest BCUT2D eigenvalue weighted by Gasteiger charge is -2.14. The van der Waals surface area contributed by atoms with E-state index in [1.54, 1.807) is 19.3 Å². The van der Waals surface area contributed by atoms with E-state index in [0.29, 0.717) is 15.0 Å². The molecule has 0 unspecified atom stereocenters. The highest BCUT2D eigenvalue weighted by atomic mass is 32.1. The number of rotatable bonds is 4. The van der Waals surface area contributed by atoms with Gasteiger partial charge in [-0.1, -0.05) is 17.4 Å². The molecule has 1 amide bonds. The Labute approximate surface area is 149 Å². The molecule has 0 saturated heterocycles. The predicted octanol–water partition coefficient (Wildman–Crippen LogP) is 4.15. The van der Waals surface area contributed by atoms with E-state index in [9.17, 15) is 18.0 Å². The minimum atomic E-state index is -4.47.